The average Bonchev–Trinajstić information content (AvgIpc) is 2.04. The Hall–Kier alpha value is -0.330. The maximum Gasteiger partial charge on any atom is 0.0499 e. The van der Waals surface area contributed by atoms with E-state index in [0.717, 1.165) is 0 Å². The topological polar surface area (TPSA) is 12.4 Å². The lowest BCUT2D eigenvalue weighted by atomic mass is 9.89. The molecular weight excluding hydrogens is 158 g/mol. The predicted molar refractivity (Wildman–Crippen MR) is 59.4 cm³/mol. The fourth-order valence-electron chi connectivity index (χ4n) is 1.68. The van der Waals surface area contributed by atoms with Crippen LogP contribution in [-0.4, -0.2) is 11.8 Å². The van der Waals surface area contributed by atoms with Gasteiger partial charge in [-0.25, -0.2) is 0 Å². The predicted octanol–water partition coefficient (Wildman–Crippen LogP) is 3.83. The zero-order chi connectivity index (χ0) is 9.90. The van der Waals surface area contributed by atoms with Crippen LogP contribution < -0.4 is 0 Å². The molecule has 1 nitrogen and oxygen atoms in total. The molecule has 0 atom stereocenters. The summed E-state index contributed by atoms with van der Waals surface area (Å²) in [4.78, 5) is 4.82. The van der Waals surface area contributed by atoms with E-state index in [1.54, 1.807) is 0 Å². The third kappa shape index (κ3) is 3.50. The van der Waals surface area contributed by atoms with E-state index in [-0.39, 0.29) is 5.41 Å². The molecule has 0 unspecified atom stereocenters. The Labute approximate surface area is 82.6 Å². The molecule has 0 radical (unpaired) electrons. The maximum atomic E-state index is 4.82. The third-order valence-electron chi connectivity index (χ3n) is 3.04. The first-order chi connectivity index (χ1) is 6.00. The van der Waals surface area contributed by atoms with Gasteiger partial charge in [-0.3, -0.25) is 4.99 Å². The summed E-state index contributed by atoms with van der Waals surface area (Å²) in [6.45, 7) is 8.91. The molecule has 1 aliphatic carbocycles. The van der Waals surface area contributed by atoms with E-state index in [9.17, 15) is 0 Å². The van der Waals surface area contributed by atoms with Crippen LogP contribution in [0.5, 0.6) is 0 Å². The Morgan fingerprint density at radius 2 is 1.62 bits per heavy atom. The average molecular weight is 181 g/mol. The molecule has 1 rings (SSSR count). The summed E-state index contributed by atoms with van der Waals surface area (Å²) in [5.74, 6) is 0. The van der Waals surface area contributed by atoms with Gasteiger partial charge in [0.25, 0.3) is 0 Å². The van der Waals surface area contributed by atoms with Gasteiger partial charge in [0.1, 0.15) is 0 Å². The fraction of sp³-hybridized carbons (Fsp3) is 0.917. The van der Waals surface area contributed by atoms with E-state index in [1.165, 1.54) is 37.8 Å². The van der Waals surface area contributed by atoms with Crippen LogP contribution in [0, 0.1) is 5.41 Å². The van der Waals surface area contributed by atoms with Crippen LogP contribution >= 0.6 is 0 Å². The van der Waals surface area contributed by atoms with Crippen molar-refractivity contribution in [2.24, 2.45) is 10.4 Å². The van der Waals surface area contributed by atoms with Crippen molar-refractivity contribution in [2.45, 2.75) is 65.8 Å². The molecule has 13 heavy (non-hydrogen) atoms. The highest BCUT2D eigenvalue weighted by atomic mass is 14.8. The van der Waals surface area contributed by atoms with Crippen molar-refractivity contribution >= 4 is 5.71 Å². The van der Waals surface area contributed by atoms with Crippen molar-refractivity contribution in [1.82, 2.24) is 0 Å². The lowest BCUT2D eigenvalue weighted by Gasteiger charge is -2.23. The minimum absolute atomic E-state index is 0.261. The normalized spacial score (nSPS) is 22.0. The molecule has 1 aliphatic rings. The number of nitrogens with zero attached hydrogens (tertiary/aromatic N) is 1. The molecule has 1 saturated carbocycles. The van der Waals surface area contributed by atoms with Gasteiger partial charge < -0.3 is 0 Å². The molecule has 1 fully saturated rings. The number of rotatable bonds is 1. The molecule has 0 aliphatic heterocycles. The van der Waals surface area contributed by atoms with Crippen LogP contribution in [0.4, 0.5) is 0 Å². The van der Waals surface area contributed by atoms with Crippen molar-refractivity contribution in [2.75, 3.05) is 0 Å². The highest BCUT2D eigenvalue weighted by Gasteiger charge is 2.17. The molecular formula is C12H23N. The first-order valence-electron chi connectivity index (χ1n) is 5.55. The van der Waals surface area contributed by atoms with Gasteiger partial charge in [0.2, 0.25) is 0 Å². The molecule has 76 valence electrons. The highest BCUT2D eigenvalue weighted by molar-refractivity contribution is 5.87. The summed E-state index contributed by atoms with van der Waals surface area (Å²) >= 11 is 0. The standard InChI is InChI=1S/C12H23N/c1-10(12(2,3)4)13-11-8-6-5-7-9-11/h11H,5-9H2,1-4H3. The van der Waals surface area contributed by atoms with Crippen LogP contribution in [0.1, 0.15) is 59.8 Å². The number of hydrogen-bond donors (Lipinski definition) is 0. The Morgan fingerprint density at radius 1 is 1.08 bits per heavy atom. The molecule has 0 aromatic rings. The second kappa shape index (κ2) is 4.26. The highest BCUT2D eigenvalue weighted by Crippen LogP contribution is 2.23. The summed E-state index contributed by atoms with van der Waals surface area (Å²) < 4.78 is 0. The van der Waals surface area contributed by atoms with Crippen LogP contribution in [0.15, 0.2) is 4.99 Å². The zero-order valence-electron chi connectivity index (χ0n) is 9.56. The Balaban J connectivity index is 2.53. The van der Waals surface area contributed by atoms with Crippen molar-refractivity contribution in [1.29, 1.82) is 0 Å². The molecule has 0 saturated heterocycles. The molecule has 0 N–H and O–H groups in total. The van der Waals surface area contributed by atoms with Crippen molar-refractivity contribution in [3.05, 3.63) is 0 Å². The summed E-state index contributed by atoms with van der Waals surface area (Å²) in [6, 6.07) is 0.632. The minimum atomic E-state index is 0.261. The van der Waals surface area contributed by atoms with Gasteiger partial charge in [-0.05, 0) is 25.2 Å². The molecule has 0 amide bonds. The van der Waals surface area contributed by atoms with Crippen LogP contribution in [0.2, 0.25) is 0 Å². The summed E-state index contributed by atoms with van der Waals surface area (Å²) in [5.41, 5.74) is 1.58. The number of aliphatic imine (C=N–C) groups is 1. The summed E-state index contributed by atoms with van der Waals surface area (Å²) in [7, 11) is 0. The lowest BCUT2D eigenvalue weighted by Crippen LogP contribution is -2.21. The summed E-state index contributed by atoms with van der Waals surface area (Å²) in [6.07, 6.45) is 6.80. The maximum absolute atomic E-state index is 4.82. The third-order valence-corrected chi connectivity index (χ3v) is 3.04. The molecule has 0 bridgehead atoms. The lowest BCUT2D eigenvalue weighted by molar-refractivity contribution is 0.438. The van der Waals surface area contributed by atoms with E-state index in [2.05, 4.69) is 27.7 Å². The van der Waals surface area contributed by atoms with Crippen molar-refractivity contribution in [3.8, 4) is 0 Å². The van der Waals surface area contributed by atoms with Crippen LogP contribution in [0.3, 0.4) is 0 Å². The monoisotopic (exact) mass is 181 g/mol. The van der Waals surface area contributed by atoms with E-state index in [1.807, 2.05) is 0 Å². The molecule has 0 heterocycles. The van der Waals surface area contributed by atoms with E-state index in [0.29, 0.717) is 6.04 Å². The summed E-state index contributed by atoms with van der Waals surface area (Å²) in [5, 5.41) is 0. The van der Waals surface area contributed by atoms with E-state index in [4.69, 9.17) is 4.99 Å². The van der Waals surface area contributed by atoms with Gasteiger partial charge in [-0.2, -0.15) is 0 Å². The Morgan fingerprint density at radius 3 is 2.08 bits per heavy atom. The van der Waals surface area contributed by atoms with Gasteiger partial charge in [0, 0.05) is 11.8 Å². The molecule has 0 spiro atoms. The van der Waals surface area contributed by atoms with Crippen LogP contribution in [0.25, 0.3) is 0 Å². The Kier molecular flexibility index (Phi) is 3.52. The second-order valence-electron chi connectivity index (χ2n) is 5.26. The number of hydrogen-bond acceptors (Lipinski definition) is 1. The van der Waals surface area contributed by atoms with Gasteiger partial charge in [-0.15, -0.1) is 0 Å². The van der Waals surface area contributed by atoms with Gasteiger partial charge in [0.15, 0.2) is 0 Å². The second-order valence-corrected chi connectivity index (χ2v) is 5.26. The smallest absolute Gasteiger partial charge is 0.0499 e. The quantitative estimate of drug-likeness (QED) is 0.545. The van der Waals surface area contributed by atoms with Crippen LogP contribution in [-0.2, 0) is 0 Å². The van der Waals surface area contributed by atoms with E-state index >= 15 is 0 Å². The van der Waals surface area contributed by atoms with E-state index < -0.39 is 0 Å². The first-order valence-corrected chi connectivity index (χ1v) is 5.55. The zero-order valence-corrected chi connectivity index (χ0v) is 9.56. The molecule has 0 aromatic carbocycles. The van der Waals surface area contributed by atoms with Gasteiger partial charge in [-0.1, -0.05) is 40.0 Å². The van der Waals surface area contributed by atoms with Gasteiger partial charge in [0.05, 0.1) is 0 Å². The largest absolute Gasteiger partial charge is 0.291 e. The minimum Gasteiger partial charge on any atom is -0.291 e. The SMILES string of the molecule is CC(=NC1CCCCC1)C(C)(C)C. The van der Waals surface area contributed by atoms with Gasteiger partial charge >= 0.3 is 0 Å². The fourth-order valence-corrected chi connectivity index (χ4v) is 1.68. The molecule has 1 heteroatoms. The molecule has 0 aromatic heterocycles. The Bertz CT molecular complexity index is 180. The van der Waals surface area contributed by atoms with Crippen molar-refractivity contribution < 1.29 is 0 Å². The van der Waals surface area contributed by atoms with Crippen molar-refractivity contribution in [3.63, 3.8) is 0 Å². The first kappa shape index (κ1) is 10.7.